The van der Waals surface area contributed by atoms with E-state index in [-0.39, 0.29) is 5.92 Å². The van der Waals surface area contributed by atoms with Crippen molar-refractivity contribution in [3.05, 3.63) is 0 Å². The topological polar surface area (TPSA) is 43.1 Å². The number of hydrogen-bond donors (Lipinski definition) is 1. The lowest BCUT2D eigenvalue weighted by atomic mass is 9.95. The minimum absolute atomic E-state index is 0.101. The van der Waals surface area contributed by atoms with Crippen molar-refractivity contribution in [2.45, 2.75) is 40.0 Å². The molecule has 0 saturated heterocycles. The molecule has 0 aliphatic heterocycles. The summed E-state index contributed by atoms with van der Waals surface area (Å²) in [5.41, 5.74) is 5.47. The molecule has 2 heteroatoms. The van der Waals surface area contributed by atoms with Gasteiger partial charge in [0.15, 0.2) is 0 Å². The van der Waals surface area contributed by atoms with E-state index in [0.717, 1.165) is 12.8 Å². The largest absolute Gasteiger partial charge is 0.330 e. The number of carbonyl (C=O) groups is 1. The first-order valence-electron chi connectivity index (χ1n) is 4.84. The van der Waals surface area contributed by atoms with E-state index in [4.69, 9.17) is 5.73 Å². The number of carbonyl (C=O) groups excluding carboxylic acids is 1. The number of hydrogen-bond acceptors (Lipinski definition) is 2. The normalized spacial score (nSPS) is 13.4. The van der Waals surface area contributed by atoms with Gasteiger partial charge in [-0.1, -0.05) is 20.8 Å². The summed E-state index contributed by atoms with van der Waals surface area (Å²) in [7, 11) is 0. The van der Waals surface area contributed by atoms with Crippen molar-refractivity contribution in [2.75, 3.05) is 6.54 Å². The lowest BCUT2D eigenvalue weighted by molar-refractivity contribution is -0.122. The van der Waals surface area contributed by atoms with E-state index in [1.165, 1.54) is 0 Å². The predicted octanol–water partition coefficient (Wildman–Crippen LogP) is 1.98. The third-order valence-corrected chi connectivity index (χ3v) is 2.20. The summed E-state index contributed by atoms with van der Waals surface area (Å²) in [5, 5.41) is 0. The number of Topliss-reactive ketones (excluding diaryl/α,β-unsaturated/α-hetero) is 1. The molecule has 0 radical (unpaired) electrons. The molecule has 1 atom stereocenters. The summed E-state index contributed by atoms with van der Waals surface area (Å²) in [5.74, 6) is 1.06. The highest BCUT2D eigenvalue weighted by Crippen LogP contribution is 2.10. The Labute approximate surface area is 75.5 Å². The van der Waals surface area contributed by atoms with Gasteiger partial charge in [0.1, 0.15) is 5.78 Å². The highest BCUT2D eigenvalue weighted by Gasteiger charge is 2.13. The summed E-state index contributed by atoms with van der Waals surface area (Å²) in [6.45, 7) is 6.80. The fourth-order valence-corrected chi connectivity index (χ4v) is 1.16. The summed E-state index contributed by atoms with van der Waals surface area (Å²) >= 11 is 0. The van der Waals surface area contributed by atoms with Crippen LogP contribution in [0.3, 0.4) is 0 Å². The van der Waals surface area contributed by atoms with Crippen LogP contribution in [-0.4, -0.2) is 12.3 Å². The second-order valence-electron chi connectivity index (χ2n) is 3.74. The Morgan fingerprint density at radius 2 is 2.00 bits per heavy atom. The SMILES string of the molecule is CCC(CN)C(=O)CCC(C)C. The Balaban J connectivity index is 3.69. The second-order valence-corrected chi connectivity index (χ2v) is 3.74. The van der Waals surface area contributed by atoms with Crippen LogP contribution in [0.5, 0.6) is 0 Å². The molecule has 0 bridgehead atoms. The van der Waals surface area contributed by atoms with Gasteiger partial charge in [-0.2, -0.15) is 0 Å². The zero-order valence-electron chi connectivity index (χ0n) is 8.47. The first-order valence-corrected chi connectivity index (χ1v) is 4.84. The van der Waals surface area contributed by atoms with Gasteiger partial charge in [-0.05, 0) is 18.8 Å². The molecule has 0 amide bonds. The molecule has 0 heterocycles. The Hall–Kier alpha value is -0.370. The van der Waals surface area contributed by atoms with Gasteiger partial charge in [0.2, 0.25) is 0 Å². The molecule has 0 aliphatic carbocycles. The van der Waals surface area contributed by atoms with Gasteiger partial charge in [0.25, 0.3) is 0 Å². The molecule has 0 rings (SSSR count). The molecule has 0 spiro atoms. The maximum atomic E-state index is 11.4. The lowest BCUT2D eigenvalue weighted by Gasteiger charge is -2.11. The molecule has 1 unspecified atom stereocenters. The van der Waals surface area contributed by atoms with E-state index in [2.05, 4.69) is 13.8 Å². The van der Waals surface area contributed by atoms with Crippen LogP contribution in [0.4, 0.5) is 0 Å². The number of ketones is 1. The van der Waals surface area contributed by atoms with Crippen LogP contribution in [0.15, 0.2) is 0 Å². The molecule has 12 heavy (non-hydrogen) atoms. The molecular formula is C10H21NO. The zero-order chi connectivity index (χ0) is 9.56. The second kappa shape index (κ2) is 6.18. The lowest BCUT2D eigenvalue weighted by Crippen LogP contribution is -2.23. The molecule has 0 fully saturated rings. The van der Waals surface area contributed by atoms with Gasteiger partial charge in [-0.3, -0.25) is 4.79 Å². The maximum Gasteiger partial charge on any atom is 0.137 e. The van der Waals surface area contributed by atoms with Gasteiger partial charge < -0.3 is 5.73 Å². The first kappa shape index (κ1) is 11.6. The standard InChI is InChI=1S/C10H21NO/c1-4-9(7-11)10(12)6-5-8(2)3/h8-9H,4-7,11H2,1-3H3. The van der Waals surface area contributed by atoms with Crippen LogP contribution in [0.25, 0.3) is 0 Å². The highest BCUT2D eigenvalue weighted by molar-refractivity contribution is 5.81. The molecule has 72 valence electrons. The van der Waals surface area contributed by atoms with Gasteiger partial charge in [-0.25, -0.2) is 0 Å². The summed E-state index contributed by atoms with van der Waals surface area (Å²) in [6, 6.07) is 0. The van der Waals surface area contributed by atoms with Crippen molar-refractivity contribution in [3.63, 3.8) is 0 Å². The van der Waals surface area contributed by atoms with Crippen LogP contribution in [0.1, 0.15) is 40.0 Å². The first-order chi connectivity index (χ1) is 5.61. The van der Waals surface area contributed by atoms with Crippen molar-refractivity contribution in [1.29, 1.82) is 0 Å². The van der Waals surface area contributed by atoms with E-state index >= 15 is 0 Å². The average molecular weight is 171 g/mol. The average Bonchev–Trinajstić information content (AvgIpc) is 2.03. The Bertz CT molecular complexity index is 128. The third kappa shape index (κ3) is 4.50. The van der Waals surface area contributed by atoms with E-state index < -0.39 is 0 Å². The molecule has 2 nitrogen and oxygen atoms in total. The van der Waals surface area contributed by atoms with Crippen molar-refractivity contribution in [1.82, 2.24) is 0 Å². The fraction of sp³-hybridized carbons (Fsp3) is 0.900. The molecule has 0 aliphatic rings. The minimum Gasteiger partial charge on any atom is -0.330 e. The molecular weight excluding hydrogens is 150 g/mol. The van der Waals surface area contributed by atoms with Crippen LogP contribution < -0.4 is 5.73 Å². The minimum atomic E-state index is 0.101. The number of rotatable bonds is 6. The summed E-state index contributed by atoms with van der Waals surface area (Å²) < 4.78 is 0. The van der Waals surface area contributed by atoms with Crippen LogP contribution in [0, 0.1) is 11.8 Å². The molecule has 2 N–H and O–H groups in total. The summed E-state index contributed by atoms with van der Waals surface area (Å²) in [6.07, 6.45) is 2.58. The van der Waals surface area contributed by atoms with E-state index in [9.17, 15) is 4.79 Å². The Kier molecular flexibility index (Phi) is 5.99. The highest BCUT2D eigenvalue weighted by atomic mass is 16.1. The van der Waals surface area contributed by atoms with Crippen molar-refractivity contribution in [3.8, 4) is 0 Å². The quantitative estimate of drug-likeness (QED) is 0.664. The predicted molar refractivity (Wildman–Crippen MR) is 51.9 cm³/mol. The smallest absolute Gasteiger partial charge is 0.137 e. The van der Waals surface area contributed by atoms with Gasteiger partial charge in [-0.15, -0.1) is 0 Å². The summed E-state index contributed by atoms with van der Waals surface area (Å²) in [4.78, 5) is 11.4. The van der Waals surface area contributed by atoms with Gasteiger partial charge in [0.05, 0.1) is 0 Å². The van der Waals surface area contributed by atoms with E-state index in [0.29, 0.717) is 24.7 Å². The van der Waals surface area contributed by atoms with Crippen molar-refractivity contribution >= 4 is 5.78 Å². The van der Waals surface area contributed by atoms with E-state index in [1.807, 2.05) is 6.92 Å². The van der Waals surface area contributed by atoms with Crippen LogP contribution in [-0.2, 0) is 4.79 Å². The monoisotopic (exact) mass is 171 g/mol. The molecule has 0 saturated carbocycles. The van der Waals surface area contributed by atoms with Crippen LogP contribution >= 0.6 is 0 Å². The molecule has 0 aromatic carbocycles. The molecule has 0 aromatic heterocycles. The Morgan fingerprint density at radius 1 is 1.42 bits per heavy atom. The van der Waals surface area contributed by atoms with Crippen molar-refractivity contribution in [2.24, 2.45) is 17.6 Å². The fourth-order valence-electron chi connectivity index (χ4n) is 1.16. The van der Waals surface area contributed by atoms with Gasteiger partial charge in [0, 0.05) is 18.9 Å². The van der Waals surface area contributed by atoms with Crippen molar-refractivity contribution < 1.29 is 4.79 Å². The third-order valence-electron chi connectivity index (χ3n) is 2.20. The molecule has 0 aromatic rings. The van der Waals surface area contributed by atoms with Crippen LogP contribution in [0.2, 0.25) is 0 Å². The Morgan fingerprint density at radius 3 is 2.33 bits per heavy atom. The van der Waals surface area contributed by atoms with Gasteiger partial charge >= 0.3 is 0 Å². The zero-order valence-corrected chi connectivity index (χ0v) is 8.47. The van der Waals surface area contributed by atoms with E-state index in [1.54, 1.807) is 0 Å². The number of nitrogens with two attached hydrogens (primary N) is 1. The maximum absolute atomic E-state index is 11.4.